The molecule has 1 saturated carbocycles. The highest BCUT2D eigenvalue weighted by atomic mass is 16.5. The molecule has 1 aromatic heterocycles. The van der Waals surface area contributed by atoms with E-state index in [0.29, 0.717) is 12.7 Å². The maximum absolute atomic E-state index is 9.17. The van der Waals surface area contributed by atoms with Gasteiger partial charge in [0.1, 0.15) is 0 Å². The standard InChI is InChI=1S/C8H12N2O2/c1-10-8(11)4-6(9-10)5-12-7-2-3-7/h4,7,11H,2-3,5H2,1H3. The van der Waals surface area contributed by atoms with Gasteiger partial charge in [-0.05, 0) is 12.8 Å². The summed E-state index contributed by atoms with van der Waals surface area (Å²) in [6, 6.07) is 1.63. The number of aromatic hydroxyl groups is 1. The van der Waals surface area contributed by atoms with E-state index < -0.39 is 0 Å². The Balaban J connectivity index is 1.93. The van der Waals surface area contributed by atoms with Crippen LogP contribution >= 0.6 is 0 Å². The van der Waals surface area contributed by atoms with Crippen molar-refractivity contribution < 1.29 is 9.84 Å². The molecule has 0 radical (unpaired) electrons. The minimum Gasteiger partial charge on any atom is -0.493 e. The van der Waals surface area contributed by atoms with E-state index in [1.807, 2.05) is 0 Å². The van der Waals surface area contributed by atoms with Gasteiger partial charge in [0.15, 0.2) is 0 Å². The molecule has 4 nitrogen and oxygen atoms in total. The monoisotopic (exact) mass is 168 g/mol. The van der Waals surface area contributed by atoms with Crippen LogP contribution in [0, 0.1) is 0 Å². The number of hydrogen-bond acceptors (Lipinski definition) is 3. The minimum atomic E-state index is 0.185. The maximum atomic E-state index is 9.17. The van der Waals surface area contributed by atoms with Crippen molar-refractivity contribution in [1.29, 1.82) is 0 Å². The zero-order valence-corrected chi connectivity index (χ0v) is 7.03. The SMILES string of the molecule is Cn1nc(COC2CC2)cc1O. The second kappa shape index (κ2) is 2.79. The predicted molar refractivity (Wildman–Crippen MR) is 42.7 cm³/mol. The first kappa shape index (κ1) is 7.61. The van der Waals surface area contributed by atoms with Crippen LogP contribution in [0.3, 0.4) is 0 Å². The Morgan fingerprint density at radius 3 is 3.00 bits per heavy atom. The van der Waals surface area contributed by atoms with Gasteiger partial charge in [-0.3, -0.25) is 0 Å². The highest BCUT2D eigenvalue weighted by molar-refractivity contribution is 5.13. The number of aryl methyl sites for hydroxylation is 1. The van der Waals surface area contributed by atoms with E-state index in [0.717, 1.165) is 5.69 Å². The average molecular weight is 168 g/mol. The number of aromatic nitrogens is 2. The normalized spacial score (nSPS) is 16.8. The Bertz CT molecular complexity index is 259. The first-order chi connectivity index (χ1) is 5.75. The molecule has 1 aromatic rings. The molecule has 1 aliphatic carbocycles. The molecule has 0 atom stereocenters. The fourth-order valence-corrected chi connectivity index (χ4v) is 1.02. The maximum Gasteiger partial charge on any atom is 0.209 e. The Kier molecular flexibility index (Phi) is 1.77. The van der Waals surface area contributed by atoms with Crippen LogP contribution in [0.4, 0.5) is 0 Å². The fourth-order valence-electron chi connectivity index (χ4n) is 1.02. The molecule has 0 aliphatic heterocycles. The van der Waals surface area contributed by atoms with Crippen molar-refractivity contribution in [2.24, 2.45) is 7.05 Å². The summed E-state index contributed by atoms with van der Waals surface area (Å²) in [5.41, 5.74) is 0.793. The fraction of sp³-hybridized carbons (Fsp3) is 0.625. The Morgan fingerprint density at radius 2 is 2.50 bits per heavy atom. The predicted octanol–water partition coefficient (Wildman–Crippen LogP) is 0.805. The van der Waals surface area contributed by atoms with Crippen molar-refractivity contribution in [3.8, 4) is 5.88 Å². The highest BCUT2D eigenvalue weighted by Crippen LogP contribution is 2.24. The topological polar surface area (TPSA) is 47.3 Å². The molecule has 0 aromatic carbocycles. The first-order valence-electron chi connectivity index (χ1n) is 4.09. The van der Waals surface area contributed by atoms with Crippen LogP contribution in [0.1, 0.15) is 18.5 Å². The molecular formula is C8H12N2O2. The molecule has 2 rings (SSSR count). The van der Waals surface area contributed by atoms with E-state index in [4.69, 9.17) is 9.84 Å². The first-order valence-corrected chi connectivity index (χ1v) is 4.09. The second-order valence-electron chi connectivity index (χ2n) is 3.13. The van der Waals surface area contributed by atoms with Crippen LogP contribution in [0.25, 0.3) is 0 Å². The Labute approximate surface area is 70.8 Å². The van der Waals surface area contributed by atoms with Crippen LogP contribution in [-0.2, 0) is 18.4 Å². The largest absolute Gasteiger partial charge is 0.493 e. The van der Waals surface area contributed by atoms with Gasteiger partial charge in [0, 0.05) is 13.1 Å². The Hall–Kier alpha value is -1.03. The van der Waals surface area contributed by atoms with E-state index in [9.17, 15) is 0 Å². The summed E-state index contributed by atoms with van der Waals surface area (Å²) in [6.45, 7) is 0.513. The van der Waals surface area contributed by atoms with Gasteiger partial charge >= 0.3 is 0 Å². The van der Waals surface area contributed by atoms with Crippen molar-refractivity contribution in [2.75, 3.05) is 0 Å². The quantitative estimate of drug-likeness (QED) is 0.726. The van der Waals surface area contributed by atoms with Crippen LogP contribution < -0.4 is 0 Å². The number of hydrogen-bond donors (Lipinski definition) is 1. The lowest BCUT2D eigenvalue weighted by Crippen LogP contribution is -1.96. The number of ether oxygens (including phenoxy) is 1. The van der Waals surface area contributed by atoms with E-state index >= 15 is 0 Å². The van der Waals surface area contributed by atoms with Gasteiger partial charge in [0.25, 0.3) is 0 Å². The summed E-state index contributed by atoms with van der Waals surface area (Å²) in [5.74, 6) is 0.185. The smallest absolute Gasteiger partial charge is 0.209 e. The molecule has 0 bridgehead atoms. The molecule has 1 fully saturated rings. The van der Waals surface area contributed by atoms with Gasteiger partial charge in [-0.2, -0.15) is 5.10 Å². The molecular weight excluding hydrogens is 156 g/mol. The molecule has 1 aliphatic rings. The van der Waals surface area contributed by atoms with Crippen molar-refractivity contribution in [3.63, 3.8) is 0 Å². The van der Waals surface area contributed by atoms with Gasteiger partial charge in [-0.15, -0.1) is 0 Å². The minimum absolute atomic E-state index is 0.185. The summed E-state index contributed by atoms with van der Waals surface area (Å²) >= 11 is 0. The van der Waals surface area contributed by atoms with Crippen molar-refractivity contribution in [3.05, 3.63) is 11.8 Å². The zero-order chi connectivity index (χ0) is 8.55. The second-order valence-corrected chi connectivity index (χ2v) is 3.13. The van der Waals surface area contributed by atoms with Gasteiger partial charge in [0.05, 0.1) is 18.4 Å². The lowest BCUT2D eigenvalue weighted by atomic mass is 10.4. The van der Waals surface area contributed by atoms with Crippen molar-refractivity contribution in [2.45, 2.75) is 25.6 Å². The van der Waals surface area contributed by atoms with Crippen molar-refractivity contribution in [1.82, 2.24) is 9.78 Å². The third kappa shape index (κ3) is 1.58. The van der Waals surface area contributed by atoms with Crippen LogP contribution in [0.2, 0.25) is 0 Å². The molecule has 4 heteroatoms. The van der Waals surface area contributed by atoms with Gasteiger partial charge < -0.3 is 9.84 Å². The molecule has 0 unspecified atom stereocenters. The third-order valence-electron chi connectivity index (χ3n) is 1.90. The lowest BCUT2D eigenvalue weighted by molar-refractivity contribution is 0.103. The molecule has 0 saturated heterocycles. The van der Waals surface area contributed by atoms with Crippen LogP contribution in [-0.4, -0.2) is 21.0 Å². The molecule has 66 valence electrons. The summed E-state index contributed by atoms with van der Waals surface area (Å²) in [5, 5.41) is 13.2. The Morgan fingerprint density at radius 1 is 1.75 bits per heavy atom. The van der Waals surface area contributed by atoms with Crippen molar-refractivity contribution >= 4 is 0 Å². The molecule has 12 heavy (non-hydrogen) atoms. The van der Waals surface area contributed by atoms with E-state index in [-0.39, 0.29) is 5.88 Å². The van der Waals surface area contributed by atoms with E-state index in [2.05, 4.69) is 5.10 Å². The van der Waals surface area contributed by atoms with E-state index in [1.54, 1.807) is 13.1 Å². The van der Waals surface area contributed by atoms with Crippen LogP contribution in [0.5, 0.6) is 5.88 Å². The summed E-state index contributed by atoms with van der Waals surface area (Å²) < 4.78 is 6.86. The molecule has 1 N–H and O–H groups in total. The molecule has 0 amide bonds. The van der Waals surface area contributed by atoms with Gasteiger partial charge in [-0.25, -0.2) is 4.68 Å². The summed E-state index contributed by atoms with van der Waals surface area (Å²) in [6.07, 6.45) is 2.77. The number of nitrogens with zero attached hydrogens (tertiary/aromatic N) is 2. The average Bonchev–Trinajstić information content (AvgIpc) is 2.78. The van der Waals surface area contributed by atoms with E-state index in [1.165, 1.54) is 17.5 Å². The molecule has 1 heterocycles. The lowest BCUT2D eigenvalue weighted by Gasteiger charge is -1.96. The van der Waals surface area contributed by atoms with Gasteiger partial charge in [-0.1, -0.05) is 0 Å². The molecule has 0 spiro atoms. The van der Waals surface area contributed by atoms with Crippen LogP contribution in [0.15, 0.2) is 6.07 Å². The summed E-state index contributed by atoms with van der Waals surface area (Å²) in [4.78, 5) is 0. The number of rotatable bonds is 3. The summed E-state index contributed by atoms with van der Waals surface area (Å²) in [7, 11) is 1.70. The van der Waals surface area contributed by atoms with Gasteiger partial charge in [0.2, 0.25) is 5.88 Å². The zero-order valence-electron chi connectivity index (χ0n) is 7.03. The third-order valence-corrected chi connectivity index (χ3v) is 1.90. The highest BCUT2D eigenvalue weighted by Gasteiger charge is 2.22.